The predicted octanol–water partition coefficient (Wildman–Crippen LogP) is 1.27. The largest absolute Gasteiger partial charge is 0.399 e. The van der Waals surface area contributed by atoms with Crippen LogP contribution in [0.3, 0.4) is 0 Å². The quantitative estimate of drug-likeness (QED) is 0.824. The van der Waals surface area contributed by atoms with E-state index in [1.807, 2.05) is 0 Å². The number of rotatable bonds is 5. The highest BCUT2D eigenvalue weighted by atomic mass is 32.2. The number of nitrogens with two attached hydrogens (primary N) is 1. The Hall–Kier alpha value is -1.21. The van der Waals surface area contributed by atoms with Gasteiger partial charge in [0.1, 0.15) is 16.5 Å². The van der Waals surface area contributed by atoms with E-state index in [-0.39, 0.29) is 11.4 Å². The van der Waals surface area contributed by atoms with Crippen LogP contribution in [0, 0.1) is 11.6 Å². The van der Waals surface area contributed by atoms with E-state index in [2.05, 4.69) is 0 Å². The first-order chi connectivity index (χ1) is 8.24. The zero-order valence-electron chi connectivity index (χ0n) is 10.3. The first kappa shape index (κ1) is 14.8. The molecule has 0 heterocycles. The monoisotopic (exact) mass is 278 g/mol. The van der Waals surface area contributed by atoms with Crippen LogP contribution in [0.25, 0.3) is 0 Å². The molecule has 0 spiro atoms. The second kappa shape index (κ2) is 5.62. The van der Waals surface area contributed by atoms with E-state index in [0.717, 1.165) is 12.1 Å². The maximum atomic E-state index is 13.5. The highest BCUT2D eigenvalue weighted by Gasteiger charge is 2.24. The molecule has 1 aromatic rings. The van der Waals surface area contributed by atoms with Crippen LogP contribution in [-0.4, -0.2) is 39.7 Å². The molecule has 18 heavy (non-hydrogen) atoms. The normalized spacial score (nSPS) is 12.1. The molecule has 0 amide bonds. The molecule has 4 nitrogen and oxygen atoms in total. The molecule has 0 saturated heterocycles. The van der Waals surface area contributed by atoms with Gasteiger partial charge >= 0.3 is 0 Å². The third-order valence-electron chi connectivity index (χ3n) is 2.35. The van der Waals surface area contributed by atoms with E-state index in [1.165, 1.54) is 0 Å². The molecule has 102 valence electrons. The van der Waals surface area contributed by atoms with E-state index in [0.29, 0.717) is 13.0 Å². The fourth-order valence-electron chi connectivity index (χ4n) is 1.55. The first-order valence-corrected chi connectivity index (χ1v) is 7.01. The van der Waals surface area contributed by atoms with Crippen molar-refractivity contribution in [2.45, 2.75) is 11.3 Å². The third-order valence-corrected chi connectivity index (χ3v) is 4.19. The van der Waals surface area contributed by atoms with E-state index in [9.17, 15) is 17.2 Å². The van der Waals surface area contributed by atoms with Crippen molar-refractivity contribution >= 4 is 15.5 Å². The Labute approximate surface area is 105 Å². The van der Waals surface area contributed by atoms with Crippen LogP contribution >= 0.6 is 0 Å². The summed E-state index contributed by atoms with van der Waals surface area (Å²) in [7, 11) is -0.389. The summed E-state index contributed by atoms with van der Waals surface area (Å²) >= 11 is 0. The minimum absolute atomic E-state index is 0.141. The van der Waals surface area contributed by atoms with Gasteiger partial charge in [0.2, 0.25) is 0 Å². The van der Waals surface area contributed by atoms with Crippen LogP contribution in [-0.2, 0) is 9.84 Å². The average Bonchev–Trinajstić information content (AvgIpc) is 2.13. The standard InChI is InChI=1S/C11H16F2N2O2S/c1-15(2)4-3-5-18(16,17)11-9(12)6-8(14)7-10(11)13/h6-7H,3-5,14H2,1-2H3. The molecule has 0 bridgehead atoms. The molecule has 0 unspecified atom stereocenters. The van der Waals surface area contributed by atoms with Gasteiger partial charge in [-0.3, -0.25) is 0 Å². The molecule has 0 saturated carbocycles. The topological polar surface area (TPSA) is 63.4 Å². The number of hydrogen-bond donors (Lipinski definition) is 1. The van der Waals surface area contributed by atoms with E-state index in [1.54, 1.807) is 19.0 Å². The summed E-state index contributed by atoms with van der Waals surface area (Å²) in [6.45, 7) is 0.525. The smallest absolute Gasteiger partial charge is 0.184 e. The highest BCUT2D eigenvalue weighted by molar-refractivity contribution is 7.91. The van der Waals surface area contributed by atoms with Gasteiger partial charge < -0.3 is 10.6 Å². The summed E-state index contributed by atoms with van der Waals surface area (Å²) < 4.78 is 50.6. The summed E-state index contributed by atoms with van der Waals surface area (Å²) in [6.07, 6.45) is 0.304. The van der Waals surface area contributed by atoms with Gasteiger partial charge in [-0.15, -0.1) is 0 Å². The molecule has 7 heteroatoms. The van der Waals surface area contributed by atoms with Gasteiger partial charge in [-0.1, -0.05) is 0 Å². The first-order valence-electron chi connectivity index (χ1n) is 5.36. The highest BCUT2D eigenvalue weighted by Crippen LogP contribution is 2.23. The minimum atomic E-state index is -3.97. The van der Waals surface area contributed by atoms with Crippen LogP contribution in [0.15, 0.2) is 17.0 Å². The zero-order chi connectivity index (χ0) is 13.9. The number of nitrogen functional groups attached to an aromatic ring is 1. The Kier molecular flexibility index (Phi) is 4.64. The lowest BCUT2D eigenvalue weighted by Gasteiger charge is -2.10. The van der Waals surface area contributed by atoms with Crippen molar-refractivity contribution in [3.8, 4) is 0 Å². The molecule has 0 aromatic heterocycles. The van der Waals surface area contributed by atoms with Crippen molar-refractivity contribution in [2.75, 3.05) is 32.1 Å². The van der Waals surface area contributed by atoms with Gasteiger partial charge in [-0.25, -0.2) is 17.2 Å². The molecule has 0 radical (unpaired) electrons. The van der Waals surface area contributed by atoms with Gasteiger partial charge in [0.15, 0.2) is 9.84 Å². The van der Waals surface area contributed by atoms with Crippen molar-refractivity contribution in [2.24, 2.45) is 0 Å². The summed E-state index contributed by atoms with van der Waals surface area (Å²) in [5.74, 6) is -2.59. The summed E-state index contributed by atoms with van der Waals surface area (Å²) in [5.41, 5.74) is 5.09. The molecular weight excluding hydrogens is 262 g/mol. The third kappa shape index (κ3) is 3.64. The lowest BCUT2D eigenvalue weighted by atomic mass is 10.3. The Balaban J connectivity index is 2.99. The van der Waals surface area contributed by atoms with Crippen LogP contribution in [0.1, 0.15) is 6.42 Å². The Morgan fingerprint density at radius 2 is 1.72 bits per heavy atom. The number of anilines is 1. The van der Waals surface area contributed by atoms with Crippen molar-refractivity contribution < 1.29 is 17.2 Å². The molecule has 1 aromatic carbocycles. The molecule has 2 N–H and O–H groups in total. The maximum Gasteiger partial charge on any atom is 0.184 e. The number of sulfone groups is 1. The van der Waals surface area contributed by atoms with Crippen molar-refractivity contribution in [1.29, 1.82) is 0 Å². The lowest BCUT2D eigenvalue weighted by Crippen LogP contribution is -2.18. The van der Waals surface area contributed by atoms with Gasteiger partial charge in [0, 0.05) is 5.69 Å². The fraction of sp³-hybridized carbons (Fsp3) is 0.455. The van der Waals surface area contributed by atoms with Gasteiger partial charge in [0.25, 0.3) is 0 Å². The fourth-order valence-corrected chi connectivity index (χ4v) is 2.97. The minimum Gasteiger partial charge on any atom is -0.399 e. The molecule has 0 fully saturated rings. The number of halogens is 2. The molecule has 0 aliphatic rings. The van der Waals surface area contributed by atoms with E-state index in [4.69, 9.17) is 5.73 Å². The van der Waals surface area contributed by atoms with E-state index < -0.39 is 26.4 Å². The van der Waals surface area contributed by atoms with Crippen LogP contribution in [0.4, 0.5) is 14.5 Å². The molecule has 0 aliphatic carbocycles. The average molecular weight is 278 g/mol. The Bertz CT molecular complexity index is 507. The summed E-state index contributed by atoms with van der Waals surface area (Å²) in [4.78, 5) is 0.904. The van der Waals surface area contributed by atoms with Crippen LogP contribution in [0.2, 0.25) is 0 Å². The van der Waals surface area contributed by atoms with Gasteiger partial charge in [-0.05, 0) is 39.2 Å². The maximum absolute atomic E-state index is 13.5. The summed E-state index contributed by atoms with van der Waals surface area (Å²) in [5, 5.41) is 0. The van der Waals surface area contributed by atoms with Crippen molar-refractivity contribution in [1.82, 2.24) is 4.90 Å². The van der Waals surface area contributed by atoms with Crippen molar-refractivity contribution in [3.05, 3.63) is 23.8 Å². The van der Waals surface area contributed by atoms with Gasteiger partial charge in [0.05, 0.1) is 5.75 Å². The van der Waals surface area contributed by atoms with Gasteiger partial charge in [-0.2, -0.15) is 0 Å². The molecule has 0 atom stereocenters. The van der Waals surface area contributed by atoms with E-state index >= 15 is 0 Å². The Morgan fingerprint density at radius 1 is 1.22 bits per heavy atom. The second-order valence-corrected chi connectivity index (χ2v) is 6.34. The second-order valence-electron chi connectivity index (χ2n) is 4.29. The van der Waals surface area contributed by atoms with Crippen molar-refractivity contribution in [3.63, 3.8) is 0 Å². The van der Waals surface area contributed by atoms with Crippen LogP contribution < -0.4 is 5.73 Å². The SMILES string of the molecule is CN(C)CCCS(=O)(=O)c1c(F)cc(N)cc1F. The number of hydrogen-bond acceptors (Lipinski definition) is 4. The van der Waals surface area contributed by atoms with Crippen LogP contribution in [0.5, 0.6) is 0 Å². The zero-order valence-corrected chi connectivity index (χ0v) is 11.1. The number of benzene rings is 1. The number of nitrogens with zero attached hydrogens (tertiary/aromatic N) is 1. The lowest BCUT2D eigenvalue weighted by molar-refractivity contribution is 0.408. The predicted molar refractivity (Wildman–Crippen MR) is 66.0 cm³/mol. The Morgan fingerprint density at radius 3 is 2.17 bits per heavy atom. The molecular formula is C11H16F2N2O2S. The molecule has 1 rings (SSSR count). The molecule has 0 aliphatic heterocycles. The summed E-state index contributed by atoms with van der Waals surface area (Å²) in [6, 6.07) is 1.61.